The topological polar surface area (TPSA) is 64.3 Å². The Bertz CT molecular complexity index is 372. The molecule has 0 aliphatic heterocycles. The van der Waals surface area contributed by atoms with Gasteiger partial charge >= 0.3 is 0 Å². The number of nitrogens with one attached hydrogen (secondary N) is 1. The van der Waals surface area contributed by atoms with Crippen LogP contribution >= 0.6 is 11.8 Å². The van der Waals surface area contributed by atoms with Gasteiger partial charge in [0.2, 0.25) is 5.91 Å². The highest BCUT2D eigenvalue weighted by molar-refractivity contribution is 7.99. The highest BCUT2D eigenvalue weighted by Gasteiger charge is 2.02. The third-order valence-corrected chi connectivity index (χ3v) is 3.68. The van der Waals surface area contributed by atoms with Crippen LogP contribution in [-0.2, 0) is 4.79 Å². The van der Waals surface area contributed by atoms with E-state index in [1.54, 1.807) is 18.9 Å². The number of carbonyl (C=O) groups is 1. The van der Waals surface area contributed by atoms with E-state index in [9.17, 15) is 4.79 Å². The average Bonchev–Trinajstić information content (AvgIpc) is 2.42. The van der Waals surface area contributed by atoms with E-state index in [0.717, 1.165) is 30.8 Å². The molecule has 0 aromatic heterocycles. The van der Waals surface area contributed by atoms with E-state index in [1.165, 1.54) is 4.90 Å². The highest BCUT2D eigenvalue weighted by Crippen LogP contribution is 2.29. The van der Waals surface area contributed by atoms with Gasteiger partial charge < -0.3 is 4.74 Å². The fraction of sp³-hybridized carbons (Fsp3) is 0.462. The molecular weight excluding hydrogens is 248 g/mol. The number of amides is 1. The molecule has 0 bridgehead atoms. The molecule has 4 nitrogen and oxygen atoms in total. The van der Waals surface area contributed by atoms with Crippen molar-refractivity contribution in [3.05, 3.63) is 24.3 Å². The van der Waals surface area contributed by atoms with Crippen molar-refractivity contribution < 1.29 is 9.53 Å². The summed E-state index contributed by atoms with van der Waals surface area (Å²) in [5.41, 5.74) is 2.14. The molecule has 1 aromatic carbocycles. The number of rotatable bonds is 8. The lowest BCUT2D eigenvalue weighted by Crippen LogP contribution is -2.29. The van der Waals surface area contributed by atoms with Gasteiger partial charge in [-0.15, -0.1) is 11.8 Å². The van der Waals surface area contributed by atoms with E-state index in [4.69, 9.17) is 10.6 Å². The number of carbonyl (C=O) groups excluding carboxylic acids is 1. The Morgan fingerprint density at radius 1 is 1.33 bits per heavy atom. The van der Waals surface area contributed by atoms with Crippen LogP contribution in [0, 0.1) is 0 Å². The van der Waals surface area contributed by atoms with Crippen molar-refractivity contribution in [3.63, 3.8) is 0 Å². The van der Waals surface area contributed by atoms with Gasteiger partial charge in [-0.25, -0.2) is 5.84 Å². The summed E-state index contributed by atoms with van der Waals surface area (Å²) in [4.78, 5) is 12.1. The molecule has 1 amide bonds. The number of unbranched alkanes of at least 4 members (excludes halogenated alkanes) is 2. The Kier molecular flexibility index (Phi) is 7.29. The van der Waals surface area contributed by atoms with Gasteiger partial charge in [-0.1, -0.05) is 18.6 Å². The Morgan fingerprint density at radius 2 is 2.11 bits per heavy atom. The third kappa shape index (κ3) is 5.42. The Balaban J connectivity index is 2.16. The summed E-state index contributed by atoms with van der Waals surface area (Å²) in [5.74, 6) is 6.87. The standard InChI is InChI=1S/C13H20N2O2S/c1-17-11-7-4-5-8-12(11)18-10-6-2-3-9-13(16)15-14/h4-5,7-8H,2-3,6,9-10,14H2,1H3,(H,15,16). The fourth-order valence-corrected chi connectivity index (χ4v) is 2.59. The summed E-state index contributed by atoms with van der Waals surface area (Å²) in [5, 5.41) is 0. The maximum atomic E-state index is 10.9. The van der Waals surface area contributed by atoms with Crippen molar-refractivity contribution in [2.75, 3.05) is 12.9 Å². The number of hydrogen-bond acceptors (Lipinski definition) is 4. The predicted molar refractivity (Wildman–Crippen MR) is 74.5 cm³/mol. The second-order valence-electron chi connectivity index (χ2n) is 3.88. The Hall–Kier alpha value is -1.20. The van der Waals surface area contributed by atoms with Gasteiger partial charge in [-0.05, 0) is 30.7 Å². The maximum Gasteiger partial charge on any atom is 0.233 e. The zero-order valence-corrected chi connectivity index (χ0v) is 11.5. The first-order chi connectivity index (χ1) is 8.77. The van der Waals surface area contributed by atoms with Crippen LogP contribution in [0.25, 0.3) is 0 Å². The molecule has 18 heavy (non-hydrogen) atoms. The van der Waals surface area contributed by atoms with Crippen LogP contribution in [-0.4, -0.2) is 18.8 Å². The minimum atomic E-state index is -0.0904. The van der Waals surface area contributed by atoms with Gasteiger partial charge in [0.25, 0.3) is 0 Å². The van der Waals surface area contributed by atoms with E-state index in [0.29, 0.717) is 6.42 Å². The van der Waals surface area contributed by atoms with Gasteiger partial charge in [0.05, 0.1) is 7.11 Å². The van der Waals surface area contributed by atoms with Crippen LogP contribution in [0.3, 0.4) is 0 Å². The lowest BCUT2D eigenvalue weighted by Gasteiger charge is -2.07. The van der Waals surface area contributed by atoms with E-state index in [1.807, 2.05) is 18.2 Å². The molecule has 0 radical (unpaired) electrons. The number of benzene rings is 1. The summed E-state index contributed by atoms with van der Waals surface area (Å²) >= 11 is 1.79. The summed E-state index contributed by atoms with van der Waals surface area (Å²) in [7, 11) is 1.69. The summed E-state index contributed by atoms with van der Waals surface area (Å²) in [6.07, 6.45) is 3.52. The zero-order valence-electron chi connectivity index (χ0n) is 10.6. The van der Waals surface area contributed by atoms with Crippen LogP contribution in [0.1, 0.15) is 25.7 Å². The molecule has 0 heterocycles. The van der Waals surface area contributed by atoms with Gasteiger partial charge in [0, 0.05) is 11.3 Å². The normalized spacial score (nSPS) is 10.1. The van der Waals surface area contributed by atoms with Crippen molar-refractivity contribution in [2.24, 2.45) is 5.84 Å². The molecule has 0 fully saturated rings. The van der Waals surface area contributed by atoms with Gasteiger partial charge in [0.1, 0.15) is 5.75 Å². The zero-order chi connectivity index (χ0) is 13.2. The number of ether oxygens (including phenoxy) is 1. The number of para-hydroxylation sites is 1. The molecule has 0 saturated heterocycles. The smallest absolute Gasteiger partial charge is 0.233 e. The molecule has 0 spiro atoms. The fourth-order valence-electron chi connectivity index (χ4n) is 1.56. The maximum absolute atomic E-state index is 10.9. The minimum absolute atomic E-state index is 0.0904. The van der Waals surface area contributed by atoms with Crippen molar-refractivity contribution in [2.45, 2.75) is 30.6 Å². The molecule has 100 valence electrons. The predicted octanol–water partition coefficient (Wildman–Crippen LogP) is 2.34. The van der Waals surface area contributed by atoms with Crippen LogP contribution in [0.15, 0.2) is 29.2 Å². The van der Waals surface area contributed by atoms with Crippen LogP contribution < -0.4 is 16.0 Å². The van der Waals surface area contributed by atoms with Gasteiger partial charge in [-0.3, -0.25) is 10.2 Å². The first-order valence-electron chi connectivity index (χ1n) is 6.03. The number of nitrogens with two attached hydrogens (primary N) is 1. The number of hydrogen-bond donors (Lipinski definition) is 2. The van der Waals surface area contributed by atoms with E-state index >= 15 is 0 Å². The molecule has 1 aromatic rings. The lowest BCUT2D eigenvalue weighted by atomic mass is 10.2. The molecular formula is C13H20N2O2S. The first kappa shape index (κ1) is 14.9. The van der Waals surface area contributed by atoms with Crippen molar-refractivity contribution in [3.8, 4) is 5.75 Å². The van der Waals surface area contributed by atoms with Gasteiger partial charge in [0.15, 0.2) is 0 Å². The lowest BCUT2D eigenvalue weighted by molar-refractivity contribution is -0.121. The molecule has 1 rings (SSSR count). The molecule has 0 saturated carbocycles. The third-order valence-electron chi connectivity index (χ3n) is 2.54. The largest absolute Gasteiger partial charge is 0.496 e. The quantitative estimate of drug-likeness (QED) is 0.250. The highest BCUT2D eigenvalue weighted by atomic mass is 32.2. The van der Waals surface area contributed by atoms with Crippen molar-refractivity contribution in [1.82, 2.24) is 5.43 Å². The van der Waals surface area contributed by atoms with Gasteiger partial charge in [-0.2, -0.15) is 0 Å². The van der Waals surface area contributed by atoms with Crippen LogP contribution in [0.5, 0.6) is 5.75 Å². The monoisotopic (exact) mass is 268 g/mol. The number of hydrazine groups is 1. The first-order valence-corrected chi connectivity index (χ1v) is 7.01. The average molecular weight is 268 g/mol. The molecule has 5 heteroatoms. The van der Waals surface area contributed by atoms with Crippen molar-refractivity contribution in [1.29, 1.82) is 0 Å². The molecule has 0 aliphatic rings. The summed E-state index contributed by atoms with van der Waals surface area (Å²) in [6.45, 7) is 0. The molecule has 0 atom stereocenters. The van der Waals surface area contributed by atoms with E-state index in [2.05, 4.69) is 11.5 Å². The van der Waals surface area contributed by atoms with Crippen LogP contribution in [0.2, 0.25) is 0 Å². The molecule has 3 N–H and O–H groups in total. The molecule has 0 aliphatic carbocycles. The van der Waals surface area contributed by atoms with E-state index < -0.39 is 0 Å². The second kappa shape index (κ2) is 8.83. The van der Waals surface area contributed by atoms with Crippen molar-refractivity contribution >= 4 is 17.7 Å². The Labute approximate surface area is 112 Å². The summed E-state index contributed by atoms with van der Waals surface area (Å²) in [6, 6.07) is 8.00. The molecule has 0 unspecified atom stereocenters. The minimum Gasteiger partial charge on any atom is -0.496 e. The second-order valence-corrected chi connectivity index (χ2v) is 5.01. The number of methoxy groups -OCH3 is 1. The summed E-state index contributed by atoms with van der Waals surface area (Å²) < 4.78 is 5.28. The number of thioether (sulfide) groups is 1. The Morgan fingerprint density at radius 3 is 2.83 bits per heavy atom. The van der Waals surface area contributed by atoms with Crippen LogP contribution in [0.4, 0.5) is 0 Å². The SMILES string of the molecule is COc1ccccc1SCCCCCC(=O)NN. The van der Waals surface area contributed by atoms with E-state index in [-0.39, 0.29) is 5.91 Å².